The average molecular weight is 291 g/mol. The summed E-state index contributed by atoms with van der Waals surface area (Å²) in [6.45, 7) is 1.88. The molecule has 0 saturated heterocycles. The third-order valence-corrected chi connectivity index (χ3v) is 3.98. The number of benzene rings is 1. The summed E-state index contributed by atoms with van der Waals surface area (Å²) in [6, 6.07) is 10.1. The molecule has 4 nitrogen and oxygen atoms in total. The SMILES string of the molecule is CNC(=O)C1CCC(OCCOCc2ccccc2)CC1. The lowest BCUT2D eigenvalue weighted by atomic mass is 9.87. The Morgan fingerprint density at radius 1 is 1.14 bits per heavy atom. The molecule has 0 atom stereocenters. The highest BCUT2D eigenvalue weighted by molar-refractivity contribution is 5.78. The van der Waals surface area contributed by atoms with Crippen LogP contribution in [0.15, 0.2) is 30.3 Å². The van der Waals surface area contributed by atoms with Crippen molar-refractivity contribution in [1.29, 1.82) is 0 Å². The van der Waals surface area contributed by atoms with Crippen LogP contribution >= 0.6 is 0 Å². The maximum Gasteiger partial charge on any atom is 0.222 e. The van der Waals surface area contributed by atoms with Crippen LogP contribution in [0.2, 0.25) is 0 Å². The highest BCUT2D eigenvalue weighted by Crippen LogP contribution is 2.26. The van der Waals surface area contributed by atoms with Crippen molar-refractivity contribution in [3.05, 3.63) is 35.9 Å². The zero-order valence-corrected chi connectivity index (χ0v) is 12.7. The number of hydrogen-bond donors (Lipinski definition) is 1. The molecule has 21 heavy (non-hydrogen) atoms. The lowest BCUT2D eigenvalue weighted by molar-refractivity contribution is -0.126. The van der Waals surface area contributed by atoms with Crippen LogP contribution in [0.3, 0.4) is 0 Å². The highest BCUT2D eigenvalue weighted by Gasteiger charge is 2.25. The van der Waals surface area contributed by atoms with Crippen LogP contribution in [-0.4, -0.2) is 32.3 Å². The number of hydrogen-bond acceptors (Lipinski definition) is 3. The minimum absolute atomic E-state index is 0.166. The van der Waals surface area contributed by atoms with Crippen molar-refractivity contribution < 1.29 is 14.3 Å². The van der Waals surface area contributed by atoms with Gasteiger partial charge in [0.25, 0.3) is 0 Å². The van der Waals surface area contributed by atoms with Crippen molar-refractivity contribution in [3.8, 4) is 0 Å². The number of nitrogens with one attached hydrogen (secondary N) is 1. The second-order valence-corrected chi connectivity index (χ2v) is 5.50. The van der Waals surface area contributed by atoms with Gasteiger partial charge in [-0.1, -0.05) is 30.3 Å². The van der Waals surface area contributed by atoms with E-state index in [2.05, 4.69) is 17.4 Å². The lowest BCUT2D eigenvalue weighted by Crippen LogP contribution is -2.32. The van der Waals surface area contributed by atoms with Crippen molar-refractivity contribution in [3.63, 3.8) is 0 Å². The Hall–Kier alpha value is -1.39. The quantitative estimate of drug-likeness (QED) is 0.785. The predicted molar refractivity (Wildman–Crippen MR) is 81.9 cm³/mol. The smallest absolute Gasteiger partial charge is 0.222 e. The lowest BCUT2D eigenvalue weighted by Gasteiger charge is -2.27. The molecular weight excluding hydrogens is 266 g/mol. The van der Waals surface area contributed by atoms with Crippen LogP contribution in [0.4, 0.5) is 0 Å². The van der Waals surface area contributed by atoms with Gasteiger partial charge in [-0.15, -0.1) is 0 Å². The Labute approximate surface area is 126 Å². The first-order valence-corrected chi connectivity index (χ1v) is 7.74. The summed E-state index contributed by atoms with van der Waals surface area (Å²) in [4.78, 5) is 11.5. The maximum absolute atomic E-state index is 11.5. The van der Waals surface area contributed by atoms with E-state index in [1.54, 1.807) is 7.05 Å². The molecule has 116 valence electrons. The zero-order valence-electron chi connectivity index (χ0n) is 12.7. The van der Waals surface area contributed by atoms with Gasteiger partial charge in [-0.05, 0) is 31.2 Å². The third-order valence-electron chi connectivity index (χ3n) is 3.98. The molecule has 1 fully saturated rings. The number of ether oxygens (including phenoxy) is 2. The van der Waals surface area contributed by atoms with E-state index in [1.807, 2.05) is 18.2 Å². The summed E-state index contributed by atoms with van der Waals surface area (Å²) in [6.07, 6.45) is 4.07. The van der Waals surface area contributed by atoms with Gasteiger partial charge in [0, 0.05) is 13.0 Å². The fourth-order valence-electron chi connectivity index (χ4n) is 2.73. The molecule has 2 rings (SSSR count). The molecule has 1 amide bonds. The molecule has 1 N–H and O–H groups in total. The van der Waals surface area contributed by atoms with Gasteiger partial charge in [0.2, 0.25) is 5.91 Å². The molecule has 4 heteroatoms. The van der Waals surface area contributed by atoms with Crippen molar-refractivity contribution in [2.24, 2.45) is 5.92 Å². The Morgan fingerprint density at radius 3 is 2.52 bits per heavy atom. The second kappa shape index (κ2) is 8.80. The van der Waals surface area contributed by atoms with Gasteiger partial charge in [0.1, 0.15) is 0 Å². The monoisotopic (exact) mass is 291 g/mol. The summed E-state index contributed by atoms with van der Waals surface area (Å²) in [5, 5.41) is 2.73. The Morgan fingerprint density at radius 2 is 1.86 bits per heavy atom. The molecule has 0 aliphatic heterocycles. The first kappa shape index (κ1) is 16.0. The highest BCUT2D eigenvalue weighted by atomic mass is 16.5. The molecule has 0 bridgehead atoms. The van der Waals surface area contributed by atoms with Gasteiger partial charge >= 0.3 is 0 Å². The molecule has 1 aromatic carbocycles. The van der Waals surface area contributed by atoms with E-state index in [9.17, 15) is 4.79 Å². The van der Waals surface area contributed by atoms with Crippen molar-refractivity contribution in [1.82, 2.24) is 5.32 Å². The minimum Gasteiger partial charge on any atom is -0.376 e. The topological polar surface area (TPSA) is 47.6 Å². The molecule has 0 spiro atoms. The number of rotatable bonds is 7. The van der Waals surface area contributed by atoms with Gasteiger partial charge < -0.3 is 14.8 Å². The fraction of sp³-hybridized carbons (Fsp3) is 0.588. The fourth-order valence-corrected chi connectivity index (χ4v) is 2.73. The predicted octanol–water partition coefficient (Wildman–Crippen LogP) is 2.52. The Bertz CT molecular complexity index is 413. The van der Waals surface area contributed by atoms with E-state index >= 15 is 0 Å². The largest absolute Gasteiger partial charge is 0.376 e. The van der Waals surface area contributed by atoms with Crippen LogP contribution in [0.5, 0.6) is 0 Å². The van der Waals surface area contributed by atoms with Crippen LogP contribution in [0, 0.1) is 5.92 Å². The third kappa shape index (κ3) is 5.48. The molecule has 1 aromatic rings. The maximum atomic E-state index is 11.5. The van der Waals surface area contributed by atoms with Crippen molar-refractivity contribution in [2.75, 3.05) is 20.3 Å². The van der Waals surface area contributed by atoms with Gasteiger partial charge in [0.05, 0.1) is 25.9 Å². The standard InChI is InChI=1S/C17H25NO3/c1-18-17(19)15-7-9-16(10-8-15)21-12-11-20-13-14-5-3-2-4-6-14/h2-6,15-16H,7-13H2,1H3,(H,18,19). The number of carbonyl (C=O) groups excluding carboxylic acids is 1. The summed E-state index contributed by atoms with van der Waals surface area (Å²) in [7, 11) is 1.70. The number of amides is 1. The molecule has 1 saturated carbocycles. The molecule has 0 unspecified atom stereocenters. The van der Waals surface area contributed by atoms with Crippen LogP contribution in [-0.2, 0) is 20.9 Å². The van der Waals surface area contributed by atoms with E-state index in [4.69, 9.17) is 9.47 Å². The van der Waals surface area contributed by atoms with Crippen LogP contribution < -0.4 is 5.32 Å². The zero-order chi connectivity index (χ0) is 14.9. The van der Waals surface area contributed by atoms with Crippen molar-refractivity contribution in [2.45, 2.75) is 38.4 Å². The number of carbonyl (C=O) groups is 1. The normalized spacial score (nSPS) is 22.0. The van der Waals surface area contributed by atoms with E-state index in [0.717, 1.165) is 25.7 Å². The summed E-state index contributed by atoms with van der Waals surface area (Å²) in [5.41, 5.74) is 1.18. The molecule has 0 heterocycles. The molecule has 1 aliphatic carbocycles. The summed E-state index contributed by atoms with van der Waals surface area (Å²) < 4.78 is 11.4. The van der Waals surface area contributed by atoms with Crippen LogP contribution in [0.25, 0.3) is 0 Å². The second-order valence-electron chi connectivity index (χ2n) is 5.50. The molecule has 0 aromatic heterocycles. The Balaban J connectivity index is 1.53. The molecule has 1 aliphatic rings. The van der Waals surface area contributed by atoms with E-state index in [-0.39, 0.29) is 17.9 Å². The minimum atomic E-state index is 0.166. The molecule has 0 radical (unpaired) electrons. The summed E-state index contributed by atoms with van der Waals surface area (Å²) >= 11 is 0. The Kier molecular flexibility index (Phi) is 6.70. The van der Waals surface area contributed by atoms with Crippen molar-refractivity contribution >= 4 is 5.91 Å². The first-order valence-electron chi connectivity index (χ1n) is 7.74. The van der Waals surface area contributed by atoms with Gasteiger partial charge in [-0.25, -0.2) is 0 Å². The first-order chi connectivity index (χ1) is 10.3. The molecular formula is C17H25NO3. The average Bonchev–Trinajstić information content (AvgIpc) is 2.55. The van der Waals surface area contributed by atoms with Gasteiger partial charge in [-0.3, -0.25) is 4.79 Å². The van der Waals surface area contributed by atoms with E-state index in [1.165, 1.54) is 5.56 Å². The van der Waals surface area contributed by atoms with E-state index < -0.39 is 0 Å². The van der Waals surface area contributed by atoms with Crippen LogP contribution in [0.1, 0.15) is 31.2 Å². The summed E-state index contributed by atoms with van der Waals surface area (Å²) in [5.74, 6) is 0.337. The van der Waals surface area contributed by atoms with Gasteiger partial charge in [-0.2, -0.15) is 0 Å². The van der Waals surface area contributed by atoms with Gasteiger partial charge in [0.15, 0.2) is 0 Å². The van der Waals surface area contributed by atoms with E-state index in [0.29, 0.717) is 19.8 Å².